The van der Waals surface area contributed by atoms with E-state index in [1.165, 1.54) is 11.1 Å². The third-order valence-corrected chi connectivity index (χ3v) is 3.63. The number of hydrogen-bond acceptors (Lipinski definition) is 2. The molecule has 1 atom stereocenters. The van der Waals surface area contributed by atoms with Gasteiger partial charge in [-0.3, -0.25) is 0 Å². The smallest absolute Gasteiger partial charge is 0.138 e. The van der Waals surface area contributed by atoms with Crippen LogP contribution in [0.2, 0.25) is 5.02 Å². The van der Waals surface area contributed by atoms with Gasteiger partial charge in [-0.05, 0) is 31.0 Å². The van der Waals surface area contributed by atoms with Gasteiger partial charge in [0.15, 0.2) is 0 Å². The predicted molar refractivity (Wildman–Crippen MR) is 79.6 cm³/mol. The van der Waals surface area contributed by atoms with Gasteiger partial charge in [-0.15, -0.1) is 0 Å². The first kappa shape index (κ1) is 13.9. The van der Waals surface area contributed by atoms with Gasteiger partial charge in [-0.1, -0.05) is 48.0 Å². The second-order valence-electron chi connectivity index (χ2n) is 4.71. The lowest BCUT2D eigenvalue weighted by Gasteiger charge is -2.17. The number of halogens is 1. The number of benzene rings is 2. The van der Waals surface area contributed by atoms with Gasteiger partial charge in [0.05, 0.1) is 5.02 Å². The van der Waals surface area contributed by atoms with Crippen molar-refractivity contribution in [3.8, 4) is 5.75 Å². The summed E-state index contributed by atoms with van der Waals surface area (Å²) in [7, 11) is 0. The first-order chi connectivity index (χ1) is 9.09. The molecule has 0 aliphatic rings. The Bertz CT molecular complexity index is 568. The summed E-state index contributed by atoms with van der Waals surface area (Å²) >= 11 is 5.89. The molecule has 0 amide bonds. The topological polar surface area (TPSA) is 32.3 Å². The van der Waals surface area contributed by atoms with E-state index >= 15 is 0 Å². The Hall–Kier alpha value is -1.51. The molecule has 0 spiro atoms. The Balaban J connectivity index is 2.07. The highest BCUT2D eigenvalue weighted by molar-refractivity contribution is 6.32. The van der Waals surface area contributed by atoms with Crippen LogP contribution in [0, 0.1) is 6.92 Å². The van der Waals surface area contributed by atoms with E-state index in [2.05, 4.69) is 31.3 Å². The fraction of sp³-hybridized carbons (Fsp3) is 0.250. The highest BCUT2D eigenvalue weighted by Crippen LogP contribution is 2.27. The SMILES string of the molecule is Cc1ccccc1C(C)NCc1cccc(Cl)c1O. The van der Waals surface area contributed by atoms with Gasteiger partial charge in [-0.2, -0.15) is 0 Å². The first-order valence-corrected chi connectivity index (χ1v) is 6.72. The molecule has 3 heteroatoms. The monoisotopic (exact) mass is 275 g/mol. The van der Waals surface area contributed by atoms with E-state index in [0.717, 1.165) is 5.56 Å². The maximum absolute atomic E-state index is 9.86. The van der Waals surface area contributed by atoms with Crippen LogP contribution < -0.4 is 5.32 Å². The molecule has 100 valence electrons. The molecule has 2 aromatic rings. The van der Waals surface area contributed by atoms with Crippen molar-refractivity contribution in [1.82, 2.24) is 5.32 Å². The molecule has 0 saturated heterocycles. The van der Waals surface area contributed by atoms with E-state index < -0.39 is 0 Å². The minimum Gasteiger partial charge on any atom is -0.506 e. The second-order valence-corrected chi connectivity index (χ2v) is 5.11. The Morgan fingerprint density at radius 2 is 1.89 bits per heavy atom. The molecule has 0 aliphatic heterocycles. The number of rotatable bonds is 4. The van der Waals surface area contributed by atoms with Crippen molar-refractivity contribution in [3.05, 3.63) is 64.2 Å². The summed E-state index contributed by atoms with van der Waals surface area (Å²) in [5, 5.41) is 13.7. The zero-order valence-electron chi connectivity index (χ0n) is 11.2. The van der Waals surface area contributed by atoms with Crippen LogP contribution >= 0.6 is 11.6 Å². The molecule has 2 N–H and O–H groups in total. The van der Waals surface area contributed by atoms with Crippen molar-refractivity contribution in [1.29, 1.82) is 0 Å². The molecular weight excluding hydrogens is 258 g/mol. The maximum Gasteiger partial charge on any atom is 0.138 e. The van der Waals surface area contributed by atoms with Gasteiger partial charge in [0.1, 0.15) is 5.75 Å². The van der Waals surface area contributed by atoms with Gasteiger partial charge < -0.3 is 10.4 Å². The molecule has 0 radical (unpaired) electrons. The standard InChI is InChI=1S/C16H18ClNO/c1-11-6-3-4-8-14(11)12(2)18-10-13-7-5-9-15(17)16(13)19/h3-9,12,18-19H,10H2,1-2H3. The number of phenolic OH excluding ortho intramolecular Hbond substituents is 1. The molecule has 2 aromatic carbocycles. The number of aromatic hydroxyl groups is 1. The zero-order valence-corrected chi connectivity index (χ0v) is 11.9. The first-order valence-electron chi connectivity index (χ1n) is 6.35. The highest BCUT2D eigenvalue weighted by Gasteiger charge is 2.09. The number of para-hydroxylation sites is 1. The van der Waals surface area contributed by atoms with E-state index in [1.54, 1.807) is 6.07 Å². The van der Waals surface area contributed by atoms with Crippen molar-refractivity contribution in [2.75, 3.05) is 0 Å². The average Bonchev–Trinajstić information content (AvgIpc) is 2.40. The van der Waals surface area contributed by atoms with Crippen LogP contribution in [0.1, 0.15) is 29.7 Å². The Kier molecular flexibility index (Phi) is 4.46. The van der Waals surface area contributed by atoms with Crippen molar-refractivity contribution < 1.29 is 5.11 Å². The largest absolute Gasteiger partial charge is 0.506 e. The summed E-state index contributed by atoms with van der Waals surface area (Å²) in [5.41, 5.74) is 3.34. The van der Waals surface area contributed by atoms with Crippen molar-refractivity contribution in [2.24, 2.45) is 0 Å². The molecule has 0 bridgehead atoms. The van der Waals surface area contributed by atoms with E-state index in [-0.39, 0.29) is 11.8 Å². The molecule has 2 nitrogen and oxygen atoms in total. The van der Waals surface area contributed by atoms with Crippen LogP contribution in [0.25, 0.3) is 0 Å². The maximum atomic E-state index is 9.86. The van der Waals surface area contributed by atoms with Crippen molar-refractivity contribution in [3.63, 3.8) is 0 Å². The fourth-order valence-electron chi connectivity index (χ4n) is 2.15. The summed E-state index contributed by atoms with van der Waals surface area (Å²) in [5.74, 6) is 0.161. The van der Waals surface area contributed by atoms with Gasteiger partial charge in [0.25, 0.3) is 0 Å². The molecule has 0 aliphatic carbocycles. The average molecular weight is 276 g/mol. The molecule has 19 heavy (non-hydrogen) atoms. The molecular formula is C16H18ClNO. The molecule has 0 aromatic heterocycles. The third-order valence-electron chi connectivity index (χ3n) is 3.32. The third kappa shape index (κ3) is 3.28. The van der Waals surface area contributed by atoms with Gasteiger partial charge in [-0.25, -0.2) is 0 Å². The van der Waals surface area contributed by atoms with E-state index in [1.807, 2.05) is 24.3 Å². The van der Waals surface area contributed by atoms with Crippen LogP contribution in [-0.4, -0.2) is 5.11 Å². The van der Waals surface area contributed by atoms with Crippen molar-refractivity contribution >= 4 is 11.6 Å². The molecule has 0 heterocycles. The van der Waals surface area contributed by atoms with Crippen LogP contribution in [0.15, 0.2) is 42.5 Å². The van der Waals surface area contributed by atoms with E-state index in [4.69, 9.17) is 11.6 Å². The quantitative estimate of drug-likeness (QED) is 0.876. The minimum atomic E-state index is 0.161. The number of nitrogens with one attached hydrogen (secondary N) is 1. The van der Waals surface area contributed by atoms with Gasteiger partial charge >= 0.3 is 0 Å². The summed E-state index contributed by atoms with van der Waals surface area (Å²) in [6.45, 7) is 4.80. The minimum absolute atomic E-state index is 0.161. The van der Waals surface area contributed by atoms with Gasteiger partial charge in [0.2, 0.25) is 0 Å². The number of phenols is 1. The van der Waals surface area contributed by atoms with Crippen LogP contribution in [-0.2, 0) is 6.54 Å². The Labute approximate surface area is 119 Å². The summed E-state index contributed by atoms with van der Waals surface area (Å²) < 4.78 is 0. The fourth-order valence-corrected chi connectivity index (χ4v) is 2.34. The second kappa shape index (κ2) is 6.09. The lowest BCUT2D eigenvalue weighted by atomic mass is 10.0. The van der Waals surface area contributed by atoms with Crippen LogP contribution in [0.5, 0.6) is 5.75 Å². The lowest BCUT2D eigenvalue weighted by Crippen LogP contribution is -2.18. The predicted octanol–water partition coefficient (Wildman–Crippen LogP) is 4.20. The van der Waals surface area contributed by atoms with Crippen LogP contribution in [0.3, 0.4) is 0 Å². The van der Waals surface area contributed by atoms with E-state index in [9.17, 15) is 5.11 Å². The highest BCUT2D eigenvalue weighted by atomic mass is 35.5. The summed E-state index contributed by atoms with van der Waals surface area (Å²) in [4.78, 5) is 0. The molecule has 0 fully saturated rings. The number of hydrogen-bond donors (Lipinski definition) is 2. The number of aryl methyl sites for hydroxylation is 1. The Morgan fingerprint density at radius 3 is 2.63 bits per heavy atom. The molecule has 1 unspecified atom stereocenters. The summed E-state index contributed by atoms with van der Waals surface area (Å²) in [6, 6.07) is 13.9. The van der Waals surface area contributed by atoms with Crippen molar-refractivity contribution in [2.45, 2.75) is 26.4 Å². The zero-order chi connectivity index (χ0) is 13.8. The molecule has 0 saturated carbocycles. The van der Waals surface area contributed by atoms with Gasteiger partial charge in [0, 0.05) is 18.2 Å². The Morgan fingerprint density at radius 1 is 1.16 bits per heavy atom. The summed E-state index contributed by atoms with van der Waals surface area (Å²) in [6.07, 6.45) is 0. The van der Waals surface area contributed by atoms with E-state index in [0.29, 0.717) is 11.6 Å². The van der Waals surface area contributed by atoms with Crippen LogP contribution in [0.4, 0.5) is 0 Å². The normalized spacial score (nSPS) is 12.4. The lowest BCUT2D eigenvalue weighted by molar-refractivity contribution is 0.460. The molecule has 2 rings (SSSR count).